The molecule has 0 amide bonds. The van der Waals surface area contributed by atoms with Gasteiger partial charge in [-0.2, -0.15) is 0 Å². The SMILES string of the molecule is CC(C)(C)CC1=CC2CCCC2[CH]1[Sn]([CH3])([CH3])[CH3]. The average molecular weight is 341 g/mol. The zero-order chi connectivity index (χ0) is 12.8. The Morgan fingerprint density at radius 3 is 2.35 bits per heavy atom. The molecule has 98 valence electrons. The summed E-state index contributed by atoms with van der Waals surface area (Å²) >= 11 is -1.80. The van der Waals surface area contributed by atoms with E-state index >= 15 is 0 Å². The third kappa shape index (κ3) is 3.11. The molecule has 17 heavy (non-hydrogen) atoms. The van der Waals surface area contributed by atoms with Gasteiger partial charge in [-0.05, 0) is 0 Å². The second kappa shape index (κ2) is 4.58. The number of hydrogen-bond donors (Lipinski definition) is 0. The summed E-state index contributed by atoms with van der Waals surface area (Å²) in [5, 5.41) is 0. The molecule has 0 saturated heterocycles. The molecule has 0 aromatic heterocycles. The van der Waals surface area contributed by atoms with Crippen molar-refractivity contribution in [2.45, 2.75) is 65.2 Å². The van der Waals surface area contributed by atoms with Gasteiger partial charge >= 0.3 is 112 Å². The van der Waals surface area contributed by atoms with E-state index in [-0.39, 0.29) is 0 Å². The van der Waals surface area contributed by atoms with Crippen molar-refractivity contribution in [3.63, 3.8) is 0 Å². The van der Waals surface area contributed by atoms with Gasteiger partial charge in [0.05, 0.1) is 0 Å². The molecule has 0 N–H and O–H groups in total. The van der Waals surface area contributed by atoms with Crippen LogP contribution in [0, 0.1) is 17.3 Å². The van der Waals surface area contributed by atoms with Gasteiger partial charge in [0, 0.05) is 0 Å². The number of hydrogen-bond acceptors (Lipinski definition) is 0. The van der Waals surface area contributed by atoms with Crippen molar-refractivity contribution in [3.8, 4) is 0 Å². The summed E-state index contributed by atoms with van der Waals surface area (Å²) in [4.78, 5) is 7.95. The van der Waals surface area contributed by atoms with Crippen LogP contribution in [-0.4, -0.2) is 18.4 Å². The molecule has 2 aliphatic carbocycles. The first-order chi connectivity index (χ1) is 7.68. The molecule has 0 nitrogen and oxygen atoms in total. The Bertz CT molecular complexity index is 313. The van der Waals surface area contributed by atoms with E-state index < -0.39 is 18.4 Å². The van der Waals surface area contributed by atoms with Crippen LogP contribution in [0.1, 0.15) is 46.5 Å². The van der Waals surface area contributed by atoms with Gasteiger partial charge in [-0.25, -0.2) is 0 Å². The summed E-state index contributed by atoms with van der Waals surface area (Å²) in [7, 11) is 0. The molecule has 0 aliphatic heterocycles. The minimum atomic E-state index is -1.80. The predicted octanol–water partition coefficient (Wildman–Crippen LogP) is 5.49. The molecule has 0 radical (unpaired) electrons. The van der Waals surface area contributed by atoms with E-state index in [0.29, 0.717) is 5.41 Å². The van der Waals surface area contributed by atoms with E-state index in [1.54, 1.807) is 0 Å². The standard InChI is InChI=1S/C13H21.3CH3.Sn/c1-13(2,3)9-10-7-11-5-4-6-12(11)8-10;;;;/h7-8,11-12H,4-6,9H2,1-3H3;3*1H3;. The molecule has 1 fully saturated rings. The van der Waals surface area contributed by atoms with Crippen LogP contribution in [0.3, 0.4) is 0 Å². The monoisotopic (exact) mass is 342 g/mol. The Hall–Kier alpha value is 0.539. The molecular weight excluding hydrogens is 311 g/mol. The van der Waals surface area contributed by atoms with Gasteiger partial charge in [-0.3, -0.25) is 0 Å². The molecule has 0 bridgehead atoms. The zero-order valence-electron chi connectivity index (χ0n) is 12.6. The molecule has 3 atom stereocenters. The first-order valence-corrected chi connectivity index (χ1v) is 17.6. The molecule has 1 heteroatoms. The molecule has 0 aromatic carbocycles. The van der Waals surface area contributed by atoms with Gasteiger partial charge in [-0.15, -0.1) is 0 Å². The Morgan fingerprint density at radius 1 is 1.18 bits per heavy atom. The van der Waals surface area contributed by atoms with Crippen molar-refractivity contribution in [1.29, 1.82) is 0 Å². The Balaban J connectivity index is 2.23. The first kappa shape index (κ1) is 14.0. The molecule has 2 rings (SSSR count). The normalized spacial score (nSPS) is 33.8. The predicted molar refractivity (Wildman–Crippen MR) is 80.1 cm³/mol. The molecule has 2 aliphatic rings. The van der Waals surface area contributed by atoms with Gasteiger partial charge in [0.25, 0.3) is 0 Å². The average Bonchev–Trinajstić information content (AvgIpc) is 2.55. The molecule has 0 heterocycles. The summed E-state index contributed by atoms with van der Waals surface area (Å²) in [6.45, 7) is 7.20. The minimum absolute atomic E-state index is 0.472. The quantitative estimate of drug-likeness (QED) is 0.460. The van der Waals surface area contributed by atoms with Gasteiger partial charge in [0.2, 0.25) is 0 Å². The first-order valence-electron chi connectivity index (χ1n) is 7.39. The molecule has 0 aromatic rings. The van der Waals surface area contributed by atoms with Crippen LogP contribution in [0.4, 0.5) is 0 Å². The Morgan fingerprint density at radius 2 is 1.82 bits per heavy atom. The van der Waals surface area contributed by atoms with Gasteiger partial charge in [0.15, 0.2) is 0 Å². The Labute approximate surface area is 112 Å². The van der Waals surface area contributed by atoms with Crippen molar-refractivity contribution in [2.24, 2.45) is 17.3 Å². The zero-order valence-corrected chi connectivity index (χ0v) is 15.5. The van der Waals surface area contributed by atoms with Crippen molar-refractivity contribution >= 4 is 18.4 Å². The Kier molecular flexibility index (Phi) is 3.76. The third-order valence-corrected chi connectivity index (χ3v) is 12.2. The van der Waals surface area contributed by atoms with Gasteiger partial charge in [-0.1, -0.05) is 0 Å². The second-order valence-electron chi connectivity index (χ2n) is 8.58. The van der Waals surface area contributed by atoms with Gasteiger partial charge < -0.3 is 0 Å². The fraction of sp³-hybridized carbons (Fsp3) is 0.875. The van der Waals surface area contributed by atoms with Crippen molar-refractivity contribution in [2.75, 3.05) is 0 Å². The second-order valence-corrected chi connectivity index (χ2v) is 23.9. The van der Waals surface area contributed by atoms with E-state index in [0.717, 1.165) is 15.8 Å². The third-order valence-electron chi connectivity index (χ3n) is 4.55. The summed E-state index contributed by atoms with van der Waals surface area (Å²) in [6.07, 6.45) is 8.56. The van der Waals surface area contributed by atoms with Crippen molar-refractivity contribution < 1.29 is 0 Å². The number of rotatable bonds is 2. The summed E-state index contributed by atoms with van der Waals surface area (Å²) < 4.78 is 1.05. The molecule has 1 saturated carbocycles. The van der Waals surface area contributed by atoms with E-state index in [9.17, 15) is 0 Å². The van der Waals surface area contributed by atoms with E-state index in [1.807, 2.05) is 5.57 Å². The van der Waals surface area contributed by atoms with Crippen LogP contribution in [0.2, 0.25) is 18.8 Å². The molecule has 3 unspecified atom stereocenters. The van der Waals surface area contributed by atoms with E-state index in [2.05, 4.69) is 41.7 Å². The van der Waals surface area contributed by atoms with Gasteiger partial charge in [0.1, 0.15) is 0 Å². The maximum atomic E-state index is 2.72. The van der Waals surface area contributed by atoms with Crippen LogP contribution in [0.5, 0.6) is 0 Å². The van der Waals surface area contributed by atoms with Crippen LogP contribution in [-0.2, 0) is 0 Å². The van der Waals surface area contributed by atoms with Crippen molar-refractivity contribution in [3.05, 3.63) is 11.6 Å². The van der Waals surface area contributed by atoms with E-state index in [4.69, 9.17) is 0 Å². The van der Waals surface area contributed by atoms with Crippen molar-refractivity contribution in [1.82, 2.24) is 0 Å². The topological polar surface area (TPSA) is 0 Å². The van der Waals surface area contributed by atoms with Crippen LogP contribution >= 0.6 is 0 Å². The number of fused-ring (bicyclic) bond motifs is 1. The van der Waals surface area contributed by atoms with E-state index in [1.165, 1.54) is 25.7 Å². The number of allylic oxidation sites excluding steroid dienone is 2. The summed E-state index contributed by atoms with van der Waals surface area (Å²) in [5.74, 6) is 2.02. The van der Waals surface area contributed by atoms with Crippen LogP contribution in [0.15, 0.2) is 11.6 Å². The molecular formula is C16H30Sn. The van der Waals surface area contributed by atoms with Crippen LogP contribution in [0.25, 0.3) is 0 Å². The fourth-order valence-corrected chi connectivity index (χ4v) is 12.9. The summed E-state index contributed by atoms with van der Waals surface area (Å²) in [6, 6.07) is 0. The fourth-order valence-electron chi connectivity index (χ4n) is 4.27. The summed E-state index contributed by atoms with van der Waals surface area (Å²) in [5.41, 5.74) is 2.34. The molecule has 0 spiro atoms. The van der Waals surface area contributed by atoms with Crippen LogP contribution < -0.4 is 0 Å². The maximum absolute atomic E-state index is 2.72.